The number of hydrogen-bond donors (Lipinski definition) is 2. The number of sulfone groups is 1. The van der Waals surface area contributed by atoms with E-state index in [2.05, 4.69) is 34.4 Å². The summed E-state index contributed by atoms with van der Waals surface area (Å²) in [5.41, 5.74) is 1.49. The Bertz CT molecular complexity index is 923. The van der Waals surface area contributed by atoms with E-state index in [1.54, 1.807) is 36.7 Å². The van der Waals surface area contributed by atoms with Crippen LogP contribution in [0.2, 0.25) is 0 Å². The standard InChI is InChI=1S/C22H30N4O3S/c1-17(2)16-26-13-9-21(10-14-26)30(28,29)20-5-3-19(4-6-20)25-22(27)24-15-18-7-11-23-12-8-18/h3-8,11-12,17,21H,9-10,13-16H2,1-2H3,(H2,24,25,27). The predicted molar refractivity (Wildman–Crippen MR) is 118 cm³/mol. The fourth-order valence-corrected chi connectivity index (χ4v) is 5.43. The quantitative estimate of drug-likeness (QED) is 0.703. The van der Waals surface area contributed by atoms with Crippen molar-refractivity contribution in [1.29, 1.82) is 0 Å². The van der Waals surface area contributed by atoms with E-state index >= 15 is 0 Å². The second-order valence-corrected chi connectivity index (χ2v) is 10.4. The van der Waals surface area contributed by atoms with Gasteiger partial charge < -0.3 is 15.5 Å². The number of hydrogen-bond acceptors (Lipinski definition) is 5. The Morgan fingerprint density at radius 2 is 1.73 bits per heavy atom. The van der Waals surface area contributed by atoms with E-state index in [1.807, 2.05) is 12.1 Å². The molecule has 0 spiro atoms. The van der Waals surface area contributed by atoms with Crippen LogP contribution >= 0.6 is 0 Å². The molecule has 2 aromatic rings. The van der Waals surface area contributed by atoms with Crippen molar-refractivity contribution in [3.8, 4) is 0 Å². The van der Waals surface area contributed by atoms with E-state index in [0.717, 1.165) is 25.2 Å². The molecule has 1 saturated heterocycles. The predicted octanol–water partition coefficient (Wildman–Crippen LogP) is 3.30. The maximum absolute atomic E-state index is 13.0. The molecule has 1 aliphatic rings. The van der Waals surface area contributed by atoms with Crippen LogP contribution in [0.3, 0.4) is 0 Å². The molecule has 0 unspecified atom stereocenters. The van der Waals surface area contributed by atoms with Crippen LogP contribution < -0.4 is 10.6 Å². The number of likely N-dealkylation sites (tertiary alicyclic amines) is 1. The zero-order chi connectivity index (χ0) is 21.6. The van der Waals surface area contributed by atoms with Crippen LogP contribution in [0.25, 0.3) is 0 Å². The van der Waals surface area contributed by atoms with Gasteiger partial charge in [0.25, 0.3) is 0 Å². The van der Waals surface area contributed by atoms with Gasteiger partial charge in [-0.15, -0.1) is 0 Å². The maximum Gasteiger partial charge on any atom is 0.319 e. The molecule has 0 radical (unpaired) electrons. The van der Waals surface area contributed by atoms with Crippen molar-refractivity contribution in [3.63, 3.8) is 0 Å². The number of rotatable bonds is 7. The summed E-state index contributed by atoms with van der Waals surface area (Å²) < 4.78 is 26.0. The van der Waals surface area contributed by atoms with Gasteiger partial charge in [-0.1, -0.05) is 13.8 Å². The van der Waals surface area contributed by atoms with E-state index < -0.39 is 9.84 Å². The third-order valence-electron chi connectivity index (χ3n) is 5.24. The minimum absolute atomic E-state index is 0.313. The molecule has 7 nitrogen and oxygen atoms in total. The molecule has 2 amide bonds. The van der Waals surface area contributed by atoms with Crippen LogP contribution in [0.1, 0.15) is 32.3 Å². The van der Waals surface area contributed by atoms with Gasteiger partial charge in [0.05, 0.1) is 10.1 Å². The Kier molecular flexibility index (Phi) is 7.44. The van der Waals surface area contributed by atoms with Crippen molar-refractivity contribution < 1.29 is 13.2 Å². The Morgan fingerprint density at radius 1 is 1.10 bits per heavy atom. The zero-order valence-electron chi connectivity index (χ0n) is 17.5. The fourth-order valence-electron chi connectivity index (χ4n) is 3.70. The summed E-state index contributed by atoms with van der Waals surface area (Å²) in [6.07, 6.45) is 4.66. The molecule has 0 aliphatic carbocycles. The smallest absolute Gasteiger partial charge is 0.319 e. The second kappa shape index (κ2) is 10.0. The van der Waals surface area contributed by atoms with Crippen molar-refractivity contribution in [1.82, 2.24) is 15.2 Å². The first kappa shape index (κ1) is 22.2. The van der Waals surface area contributed by atoms with Gasteiger partial charge in [0.2, 0.25) is 0 Å². The number of carbonyl (C=O) groups excluding carboxylic acids is 1. The summed E-state index contributed by atoms with van der Waals surface area (Å²) >= 11 is 0. The minimum Gasteiger partial charge on any atom is -0.334 e. The lowest BCUT2D eigenvalue weighted by Crippen LogP contribution is -2.40. The van der Waals surface area contributed by atoms with Crippen LogP contribution in [-0.4, -0.2) is 49.2 Å². The molecular weight excluding hydrogens is 400 g/mol. The third-order valence-corrected chi connectivity index (χ3v) is 7.52. The van der Waals surface area contributed by atoms with Crippen molar-refractivity contribution in [2.75, 3.05) is 25.0 Å². The van der Waals surface area contributed by atoms with Gasteiger partial charge in [0.1, 0.15) is 0 Å². The Balaban J connectivity index is 1.53. The van der Waals surface area contributed by atoms with Gasteiger partial charge in [-0.2, -0.15) is 0 Å². The lowest BCUT2D eigenvalue weighted by molar-refractivity contribution is 0.207. The molecule has 162 valence electrons. The molecule has 1 aromatic carbocycles. The first-order valence-electron chi connectivity index (χ1n) is 10.3. The Morgan fingerprint density at radius 3 is 2.33 bits per heavy atom. The number of benzene rings is 1. The van der Waals surface area contributed by atoms with Crippen LogP contribution in [0.4, 0.5) is 10.5 Å². The summed E-state index contributed by atoms with van der Waals surface area (Å²) in [7, 11) is -3.37. The number of aromatic nitrogens is 1. The third kappa shape index (κ3) is 6.03. The summed E-state index contributed by atoms with van der Waals surface area (Å²) in [4.78, 5) is 18.7. The first-order chi connectivity index (χ1) is 14.3. The molecule has 2 heterocycles. The van der Waals surface area contributed by atoms with Gasteiger partial charge >= 0.3 is 6.03 Å². The molecule has 1 aromatic heterocycles. The maximum atomic E-state index is 13.0. The van der Waals surface area contributed by atoms with Gasteiger partial charge in [-0.05, 0) is 73.8 Å². The highest BCUT2D eigenvalue weighted by Crippen LogP contribution is 2.26. The number of piperidine rings is 1. The van der Waals surface area contributed by atoms with Gasteiger partial charge in [0, 0.05) is 31.2 Å². The molecule has 3 rings (SSSR count). The SMILES string of the molecule is CC(C)CN1CCC(S(=O)(=O)c2ccc(NC(=O)NCc3ccncc3)cc2)CC1. The van der Waals surface area contributed by atoms with Gasteiger partial charge in [-0.25, -0.2) is 13.2 Å². The molecule has 0 atom stereocenters. The number of carbonyl (C=O) groups is 1. The topological polar surface area (TPSA) is 91.4 Å². The highest BCUT2D eigenvalue weighted by molar-refractivity contribution is 7.92. The number of anilines is 1. The van der Waals surface area contributed by atoms with Crippen LogP contribution in [-0.2, 0) is 16.4 Å². The highest BCUT2D eigenvalue weighted by Gasteiger charge is 2.31. The van der Waals surface area contributed by atoms with E-state index in [9.17, 15) is 13.2 Å². The molecule has 1 aliphatic heterocycles. The fraction of sp³-hybridized carbons (Fsp3) is 0.455. The van der Waals surface area contributed by atoms with E-state index in [0.29, 0.717) is 35.9 Å². The average Bonchev–Trinajstić information content (AvgIpc) is 2.73. The summed E-state index contributed by atoms with van der Waals surface area (Å²) in [6, 6.07) is 9.72. The number of nitrogens with zero attached hydrogens (tertiary/aromatic N) is 2. The van der Waals surface area contributed by atoms with E-state index in [4.69, 9.17) is 0 Å². The van der Waals surface area contributed by atoms with Crippen molar-refractivity contribution in [2.24, 2.45) is 5.92 Å². The molecule has 30 heavy (non-hydrogen) atoms. The molecular formula is C22H30N4O3S. The van der Waals surface area contributed by atoms with Crippen LogP contribution in [0, 0.1) is 5.92 Å². The first-order valence-corrected chi connectivity index (χ1v) is 11.9. The van der Waals surface area contributed by atoms with Crippen molar-refractivity contribution in [2.45, 2.75) is 43.4 Å². The largest absolute Gasteiger partial charge is 0.334 e. The van der Waals surface area contributed by atoms with Crippen molar-refractivity contribution in [3.05, 3.63) is 54.4 Å². The Hall–Kier alpha value is -2.45. The zero-order valence-corrected chi connectivity index (χ0v) is 18.4. The molecule has 1 fully saturated rings. The molecule has 0 saturated carbocycles. The van der Waals surface area contributed by atoms with Crippen LogP contribution in [0.5, 0.6) is 0 Å². The number of urea groups is 1. The minimum atomic E-state index is -3.37. The summed E-state index contributed by atoms with van der Waals surface area (Å²) in [5, 5.41) is 5.14. The van der Waals surface area contributed by atoms with E-state index in [-0.39, 0.29) is 11.3 Å². The van der Waals surface area contributed by atoms with Gasteiger partial charge in [-0.3, -0.25) is 4.98 Å². The molecule has 0 bridgehead atoms. The summed E-state index contributed by atoms with van der Waals surface area (Å²) in [6.45, 7) is 7.39. The lowest BCUT2D eigenvalue weighted by Gasteiger charge is -2.32. The van der Waals surface area contributed by atoms with Crippen LogP contribution in [0.15, 0.2) is 53.7 Å². The highest BCUT2D eigenvalue weighted by atomic mass is 32.2. The number of pyridine rings is 1. The van der Waals surface area contributed by atoms with E-state index in [1.165, 1.54) is 0 Å². The molecule has 8 heteroatoms. The average molecular weight is 431 g/mol. The second-order valence-electron chi connectivity index (χ2n) is 8.13. The Labute approximate surface area is 178 Å². The van der Waals surface area contributed by atoms with Gasteiger partial charge in [0.15, 0.2) is 9.84 Å². The number of nitrogens with one attached hydrogen (secondary N) is 2. The van der Waals surface area contributed by atoms with Crippen molar-refractivity contribution >= 4 is 21.6 Å². The monoisotopic (exact) mass is 430 g/mol. The number of amides is 2. The summed E-state index contributed by atoms with van der Waals surface area (Å²) in [5.74, 6) is 0.583. The lowest BCUT2D eigenvalue weighted by atomic mass is 10.1. The normalized spacial score (nSPS) is 15.8. The molecule has 2 N–H and O–H groups in total.